The molecule has 0 fully saturated rings. The molecule has 3 aromatic carbocycles. The lowest BCUT2D eigenvalue weighted by Crippen LogP contribution is -2.30. The number of nitrogens with zero attached hydrogens (tertiary/aromatic N) is 1. The van der Waals surface area contributed by atoms with Crippen LogP contribution in [0.1, 0.15) is 52.7 Å². The summed E-state index contributed by atoms with van der Waals surface area (Å²) in [7, 11) is -1.76. The molecule has 0 amide bonds. The van der Waals surface area contributed by atoms with E-state index < -0.39 is 7.12 Å². The lowest BCUT2D eigenvalue weighted by molar-refractivity contribution is 0.419. The minimum atomic E-state index is -1.76. The number of aromatic hydroxyl groups is 1. The second-order valence-electron chi connectivity index (χ2n) is 10.0. The molecular weight excluding hydrogens is 385 g/mol. The lowest BCUT2D eigenvalue weighted by atomic mass is 9.79. The van der Waals surface area contributed by atoms with Crippen LogP contribution < -0.4 is 10.4 Å². The highest BCUT2D eigenvalue weighted by Crippen LogP contribution is 2.37. The summed E-state index contributed by atoms with van der Waals surface area (Å²) >= 11 is 0. The van der Waals surface area contributed by atoms with Crippen LogP contribution in [-0.4, -0.2) is 22.3 Å². The second-order valence-corrected chi connectivity index (χ2v) is 10.0. The molecular formula is C26H32BNO3. The molecule has 0 aliphatic heterocycles. The van der Waals surface area contributed by atoms with Crippen LogP contribution in [0.25, 0.3) is 0 Å². The molecule has 31 heavy (non-hydrogen) atoms. The molecule has 0 aromatic heterocycles. The predicted molar refractivity (Wildman–Crippen MR) is 130 cm³/mol. The Balaban J connectivity index is 2.14. The molecule has 0 saturated heterocycles. The van der Waals surface area contributed by atoms with Gasteiger partial charge in [-0.1, -0.05) is 65.8 Å². The summed E-state index contributed by atoms with van der Waals surface area (Å²) in [4.78, 5) is 2.05. The summed E-state index contributed by atoms with van der Waals surface area (Å²) in [5.41, 5.74) is 5.25. The maximum absolute atomic E-state index is 10.0. The fourth-order valence-electron chi connectivity index (χ4n) is 3.56. The van der Waals surface area contributed by atoms with Crippen molar-refractivity contribution in [3.63, 3.8) is 0 Å². The molecule has 3 rings (SSSR count). The van der Waals surface area contributed by atoms with Crippen LogP contribution in [0.3, 0.4) is 0 Å². The molecule has 3 N–H and O–H groups in total. The van der Waals surface area contributed by atoms with Crippen LogP contribution in [0.5, 0.6) is 5.75 Å². The van der Waals surface area contributed by atoms with E-state index in [4.69, 9.17) is 0 Å². The molecule has 0 aliphatic rings. The SMILES string of the molecule is CC(C)(C)c1ccc(N(c2ccc(C(C)(C)C)cc2)c2ccc(O)c(B(O)O)c2)cc1. The first-order valence-electron chi connectivity index (χ1n) is 10.6. The normalized spacial score (nSPS) is 12.0. The highest BCUT2D eigenvalue weighted by molar-refractivity contribution is 6.59. The molecule has 0 heterocycles. The van der Waals surface area contributed by atoms with Crippen molar-refractivity contribution in [3.05, 3.63) is 77.9 Å². The number of benzene rings is 3. The van der Waals surface area contributed by atoms with Crippen LogP contribution in [0, 0.1) is 0 Å². The third kappa shape index (κ3) is 5.12. The van der Waals surface area contributed by atoms with Crippen molar-refractivity contribution in [2.75, 3.05) is 4.90 Å². The number of phenolic OH excluding ortho intramolecular Hbond substituents is 1. The monoisotopic (exact) mass is 417 g/mol. The van der Waals surface area contributed by atoms with Gasteiger partial charge >= 0.3 is 7.12 Å². The summed E-state index contributed by atoms with van der Waals surface area (Å²) in [5.74, 6) is -0.148. The molecule has 0 saturated carbocycles. The van der Waals surface area contributed by atoms with Crippen molar-refractivity contribution in [1.29, 1.82) is 0 Å². The Morgan fingerprint density at radius 2 is 1.00 bits per heavy atom. The zero-order valence-corrected chi connectivity index (χ0v) is 19.2. The van der Waals surface area contributed by atoms with Gasteiger partial charge in [-0.2, -0.15) is 0 Å². The van der Waals surface area contributed by atoms with Gasteiger partial charge < -0.3 is 20.1 Å². The maximum atomic E-state index is 10.0. The first-order valence-corrected chi connectivity index (χ1v) is 10.6. The zero-order chi connectivity index (χ0) is 23.0. The molecule has 3 aromatic rings. The molecule has 5 heteroatoms. The molecule has 0 spiro atoms. The van der Waals surface area contributed by atoms with Gasteiger partial charge in [0.15, 0.2) is 0 Å². The maximum Gasteiger partial charge on any atom is 0.492 e. The molecule has 0 bridgehead atoms. The van der Waals surface area contributed by atoms with Crippen molar-refractivity contribution in [3.8, 4) is 5.75 Å². The summed E-state index contributed by atoms with van der Waals surface area (Å²) < 4.78 is 0. The van der Waals surface area contributed by atoms with Gasteiger partial charge in [-0.05, 0) is 64.4 Å². The van der Waals surface area contributed by atoms with Crippen molar-refractivity contribution in [2.45, 2.75) is 52.4 Å². The van der Waals surface area contributed by atoms with Crippen molar-refractivity contribution >= 4 is 29.6 Å². The van der Waals surface area contributed by atoms with Crippen molar-refractivity contribution in [1.82, 2.24) is 0 Å². The third-order valence-electron chi connectivity index (χ3n) is 5.53. The Labute approximate surface area is 186 Å². The quantitative estimate of drug-likeness (QED) is 0.515. The summed E-state index contributed by atoms with van der Waals surface area (Å²) in [6, 6.07) is 21.6. The number of hydrogen-bond donors (Lipinski definition) is 3. The average Bonchev–Trinajstić information content (AvgIpc) is 2.68. The number of hydrogen-bond acceptors (Lipinski definition) is 4. The smallest absolute Gasteiger partial charge is 0.492 e. The van der Waals surface area contributed by atoms with Crippen molar-refractivity contribution < 1.29 is 15.2 Å². The van der Waals surface area contributed by atoms with Crippen LogP contribution in [0.4, 0.5) is 17.1 Å². The third-order valence-corrected chi connectivity index (χ3v) is 5.53. The number of rotatable bonds is 4. The van der Waals surface area contributed by atoms with E-state index in [0.29, 0.717) is 0 Å². The van der Waals surface area contributed by atoms with Crippen LogP contribution in [-0.2, 0) is 10.8 Å². The van der Waals surface area contributed by atoms with E-state index in [-0.39, 0.29) is 22.0 Å². The predicted octanol–water partition coefficient (Wildman–Crippen LogP) is 5.14. The first-order chi connectivity index (χ1) is 14.4. The van der Waals surface area contributed by atoms with E-state index in [1.54, 1.807) is 12.1 Å². The van der Waals surface area contributed by atoms with E-state index in [2.05, 4.69) is 90.1 Å². The minimum Gasteiger partial charge on any atom is -0.508 e. The standard InChI is InChI=1S/C26H32BNO3/c1-25(2,3)18-7-11-20(12-8-18)28(21-13-9-19(10-14-21)26(4,5)6)22-15-16-24(29)23(17-22)27(30)31/h7-17,29-31H,1-6H3. The Morgan fingerprint density at radius 3 is 1.35 bits per heavy atom. The largest absolute Gasteiger partial charge is 0.508 e. The first kappa shape index (κ1) is 22.9. The minimum absolute atomic E-state index is 0.0461. The van der Waals surface area contributed by atoms with E-state index >= 15 is 0 Å². The van der Waals surface area contributed by atoms with E-state index in [1.165, 1.54) is 17.2 Å². The number of phenols is 1. The topological polar surface area (TPSA) is 63.9 Å². The zero-order valence-electron chi connectivity index (χ0n) is 19.2. The van der Waals surface area contributed by atoms with Crippen LogP contribution >= 0.6 is 0 Å². The van der Waals surface area contributed by atoms with Crippen LogP contribution in [0.2, 0.25) is 0 Å². The Kier molecular flexibility index (Phi) is 6.22. The fourth-order valence-corrected chi connectivity index (χ4v) is 3.56. The fraction of sp³-hybridized carbons (Fsp3) is 0.308. The van der Waals surface area contributed by atoms with Gasteiger partial charge in [-0.25, -0.2) is 0 Å². The van der Waals surface area contributed by atoms with Gasteiger partial charge in [0.05, 0.1) is 0 Å². The Bertz CT molecular complexity index is 973. The average molecular weight is 417 g/mol. The summed E-state index contributed by atoms with van der Waals surface area (Å²) in [6.45, 7) is 13.1. The van der Waals surface area contributed by atoms with Gasteiger partial charge in [0.1, 0.15) is 5.75 Å². The highest BCUT2D eigenvalue weighted by atomic mass is 16.4. The van der Waals surface area contributed by atoms with Gasteiger partial charge in [0.25, 0.3) is 0 Å². The van der Waals surface area contributed by atoms with Crippen molar-refractivity contribution in [2.24, 2.45) is 0 Å². The Hall–Kier alpha value is -2.76. The molecule has 4 nitrogen and oxygen atoms in total. The summed E-state index contributed by atoms with van der Waals surface area (Å²) in [5, 5.41) is 29.4. The Morgan fingerprint density at radius 1 is 0.613 bits per heavy atom. The van der Waals surface area contributed by atoms with Gasteiger partial charge in [-0.3, -0.25) is 0 Å². The highest BCUT2D eigenvalue weighted by Gasteiger charge is 2.21. The lowest BCUT2D eigenvalue weighted by Gasteiger charge is -2.28. The van der Waals surface area contributed by atoms with Crippen LogP contribution in [0.15, 0.2) is 66.7 Å². The number of anilines is 3. The molecule has 0 unspecified atom stereocenters. The van der Waals surface area contributed by atoms with Gasteiger partial charge in [0, 0.05) is 22.5 Å². The second kappa shape index (κ2) is 8.41. The van der Waals surface area contributed by atoms with E-state index in [0.717, 1.165) is 17.1 Å². The van der Waals surface area contributed by atoms with E-state index in [9.17, 15) is 15.2 Å². The summed E-state index contributed by atoms with van der Waals surface area (Å²) in [6.07, 6.45) is 0. The molecule has 0 aliphatic carbocycles. The van der Waals surface area contributed by atoms with Gasteiger partial charge in [0.2, 0.25) is 0 Å². The molecule has 0 radical (unpaired) electrons. The van der Waals surface area contributed by atoms with Gasteiger partial charge in [-0.15, -0.1) is 0 Å². The van der Waals surface area contributed by atoms with E-state index in [1.807, 2.05) is 4.90 Å². The molecule has 162 valence electrons. The molecule has 0 atom stereocenters.